The summed E-state index contributed by atoms with van der Waals surface area (Å²) in [6, 6.07) is 11.7. The fourth-order valence-corrected chi connectivity index (χ4v) is 4.84. The molecule has 0 atom stereocenters. The Morgan fingerprint density at radius 2 is 1.90 bits per heavy atom. The highest BCUT2D eigenvalue weighted by Crippen LogP contribution is 2.42. The zero-order chi connectivity index (χ0) is 21.1. The second kappa shape index (κ2) is 8.73. The van der Waals surface area contributed by atoms with Crippen molar-refractivity contribution in [2.75, 3.05) is 5.32 Å². The van der Waals surface area contributed by atoms with Gasteiger partial charge in [-0.2, -0.15) is 0 Å². The lowest BCUT2D eigenvalue weighted by molar-refractivity contribution is -0.121. The molecule has 6 nitrogen and oxygen atoms in total. The molecular weight excluding hydrogens is 466 g/mol. The Labute approximate surface area is 187 Å². The number of carbonyl (C=O) groups excluding carboxylic acids is 2. The van der Waals surface area contributed by atoms with E-state index in [4.69, 9.17) is 4.42 Å². The summed E-state index contributed by atoms with van der Waals surface area (Å²) < 4.78 is 6.75. The van der Waals surface area contributed by atoms with E-state index >= 15 is 0 Å². The van der Waals surface area contributed by atoms with Gasteiger partial charge in [0, 0.05) is 16.8 Å². The van der Waals surface area contributed by atoms with Crippen LogP contribution in [0.3, 0.4) is 0 Å². The summed E-state index contributed by atoms with van der Waals surface area (Å²) in [5.41, 5.74) is 1.20. The smallest absolute Gasteiger partial charge is 0.236 e. The molecule has 0 bridgehead atoms. The fourth-order valence-electron chi connectivity index (χ4n) is 3.88. The van der Waals surface area contributed by atoms with Crippen LogP contribution in [0.2, 0.25) is 0 Å². The highest BCUT2D eigenvalue weighted by Gasteiger charge is 2.43. The summed E-state index contributed by atoms with van der Waals surface area (Å²) >= 11 is 4.84. The van der Waals surface area contributed by atoms with Crippen LogP contribution in [-0.2, 0) is 21.5 Å². The Morgan fingerprint density at radius 1 is 1.17 bits per heavy atom. The first-order valence-corrected chi connectivity index (χ1v) is 11.5. The molecule has 0 radical (unpaired) electrons. The minimum atomic E-state index is -0.511. The second-order valence-electron chi connectivity index (χ2n) is 7.46. The van der Waals surface area contributed by atoms with Gasteiger partial charge in [-0.3, -0.25) is 9.59 Å². The minimum Gasteiger partial charge on any atom is -0.458 e. The number of amides is 2. The Kier molecular flexibility index (Phi) is 6.06. The number of rotatable bonds is 6. The van der Waals surface area contributed by atoms with Gasteiger partial charge in [0.1, 0.15) is 11.5 Å². The van der Waals surface area contributed by atoms with Gasteiger partial charge in [0.2, 0.25) is 11.8 Å². The Balaban J connectivity index is 1.49. The minimum absolute atomic E-state index is 0.00554. The number of furan rings is 1. The van der Waals surface area contributed by atoms with Crippen molar-refractivity contribution < 1.29 is 14.0 Å². The van der Waals surface area contributed by atoms with Gasteiger partial charge in [-0.15, -0.1) is 11.3 Å². The second-order valence-corrected chi connectivity index (χ2v) is 9.24. The zero-order valence-electron chi connectivity index (χ0n) is 16.5. The van der Waals surface area contributed by atoms with Crippen molar-refractivity contribution in [1.29, 1.82) is 0 Å². The van der Waals surface area contributed by atoms with Crippen LogP contribution >= 0.6 is 27.3 Å². The molecular formula is C22H22BrN3O3S. The predicted molar refractivity (Wildman–Crippen MR) is 120 cm³/mol. The first kappa shape index (κ1) is 20.8. The molecule has 8 heteroatoms. The number of hydrogen-bond donors (Lipinski definition) is 2. The quantitative estimate of drug-likeness (QED) is 0.496. The number of carbonyl (C=O) groups is 2. The molecule has 0 unspecified atom stereocenters. The number of nitrogens with one attached hydrogen (secondary N) is 2. The van der Waals surface area contributed by atoms with Crippen molar-refractivity contribution in [2.45, 2.75) is 44.6 Å². The van der Waals surface area contributed by atoms with Crippen LogP contribution in [0.25, 0.3) is 11.5 Å². The lowest BCUT2D eigenvalue weighted by Gasteiger charge is -2.27. The number of aromatic nitrogens is 1. The molecule has 1 saturated carbocycles. The van der Waals surface area contributed by atoms with E-state index in [1.165, 1.54) is 18.3 Å². The Bertz CT molecular complexity index is 1050. The standard InChI is InChI=1S/C22H22BrN3O3S/c1-14(27)24-12-17-8-9-19(29-17)18-13-30-21(25-18)26-20(28)22(10-2-3-11-22)15-4-6-16(23)7-5-15/h4-9,13H,2-3,10-12H2,1H3,(H,24,27)(H,25,26,28). The van der Waals surface area contributed by atoms with E-state index < -0.39 is 5.41 Å². The third kappa shape index (κ3) is 4.34. The fraction of sp³-hybridized carbons (Fsp3) is 0.318. The summed E-state index contributed by atoms with van der Waals surface area (Å²) in [6.45, 7) is 1.80. The molecule has 2 heterocycles. The van der Waals surface area contributed by atoms with Gasteiger partial charge in [-0.25, -0.2) is 4.98 Å². The van der Waals surface area contributed by atoms with Gasteiger partial charge in [-0.05, 0) is 42.7 Å². The summed E-state index contributed by atoms with van der Waals surface area (Å²) in [4.78, 5) is 28.9. The molecule has 2 N–H and O–H groups in total. The van der Waals surface area contributed by atoms with Crippen LogP contribution in [0.5, 0.6) is 0 Å². The maximum Gasteiger partial charge on any atom is 0.236 e. The number of benzene rings is 1. The van der Waals surface area contributed by atoms with Gasteiger partial charge in [-0.1, -0.05) is 40.9 Å². The largest absolute Gasteiger partial charge is 0.458 e. The summed E-state index contributed by atoms with van der Waals surface area (Å²) in [5, 5.41) is 8.15. The highest BCUT2D eigenvalue weighted by atomic mass is 79.9. The normalized spacial score (nSPS) is 15.1. The number of halogens is 1. The molecule has 2 aromatic heterocycles. The van der Waals surface area contributed by atoms with Crippen molar-refractivity contribution in [2.24, 2.45) is 0 Å². The lowest BCUT2D eigenvalue weighted by atomic mass is 9.78. The van der Waals surface area contributed by atoms with E-state index in [0.29, 0.717) is 28.9 Å². The molecule has 3 aromatic rings. The molecule has 2 amide bonds. The van der Waals surface area contributed by atoms with Crippen molar-refractivity contribution in [3.63, 3.8) is 0 Å². The maximum atomic E-state index is 13.3. The Morgan fingerprint density at radius 3 is 2.60 bits per heavy atom. The van der Waals surface area contributed by atoms with Crippen LogP contribution in [0.1, 0.15) is 43.9 Å². The van der Waals surface area contributed by atoms with Gasteiger partial charge in [0.15, 0.2) is 10.9 Å². The number of anilines is 1. The maximum absolute atomic E-state index is 13.3. The molecule has 30 heavy (non-hydrogen) atoms. The van der Waals surface area contributed by atoms with Crippen molar-refractivity contribution in [1.82, 2.24) is 10.3 Å². The summed E-state index contributed by atoms with van der Waals surface area (Å²) in [7, 11) is 0. The molecule has 156 valence electrons. The number of nitrogens with zero attached hydrogens (tertiary/aromatic N) is 1. The molecule has 1 aromatic carbocycles. The van der Waals surface area contributed by atoms with Gasteiger partial charge in [0.25, 0.3) is 0 Å². The third-order valence-electron chi connectivity index (χ3n) is 5.44. The van der Waals surface area contributed by atoms with Gasteiger partial charge < -0.3 is 15.1 Å². The van der Waals surface area contributed by atoms with E-state index in [-0.39, 0.29) is 11.8 Å². The van der Waals surface area contributed by atoms with Crippen molar-refractivity contribution in [3.05, 3.63) is 57.6 Å². The summed E-state index contributed by atoms with van der Waals surface area (Å²) in [5.74, 6) is 1.14. The average molecular weight is 488 g/mol. The predicted octanol–water partition coefficient (Wildman–Crippen LogP) is 5.25. The van der Waals surface area contributed by atoms with Gasteiger partial charge >= 0.3 is 0 Å². The number of hydrogen-bond acceptors (Lipinski definition) is 5. The first-order valence-electron chi connectivity index (χ1n) is 9.83. The monoisotopic (exact) mass is 487 g/mol. The lowest BCUT2D eigenvalue weighted by Crippen LogP contribution is -2.37. The van der Waals surface area contributed by atoms with Crippen LogP contribution in [0.15, 0.2) is 50.7 Å². The summed E-state index contributed by atoms with van der Waals surface area (Å²) in [6.07, 6.45) is 3.75. The van der Waals surface area contributed by atoms with Crippen LogP contribution in [0, 0.1) is 0 Å². The van der Waals surface area contributed by atoms with Gasteiger partial charge in [0.05, 0.1) is 12.0 Å². The van der Waals surface area contributed by atoms with Crippen LogP contribution in [0.4, 0.5) is 5.13 Å². The van der Waals surface area contributed by atoms with Crippen LogP contribution < -0.4 is 10.6 Å². The van der Waals surface area contributed by atoms with E-state index in [1.807, 2.05) is 41.8 Å². The molecule has 1 aliphatic rings. The van der Waals surface area contributed by atoms with Crippen molar-refractivity contribution in [3.8, 4) is 11.5 Å². The molecule has 4 rings (SSSR count). The van der Waals surface area contributed by atoms with E-state index in [2.05, 4.69) is 31.5 Å². The average Bonchev–Trinajstić information content (AvgIpc) is 3.47. The topological polar surface area (TPSA) is 84.2 Å². The zero-order valence-corrected chi connectivity index (χ0v) is 18.9. The van der Waals surface area contributed by atoms with E-state index in [9.17, 15) is 9.59 Å². The highest BCUT2D eigenvalue weighted by molar-refractivity contribution is 9.10. The SMILES string of the molecule is CC(=O)NCc1ccc(-c2csc(NC(=O)C3(c4ccc(Br)cc4)CCCC3)n2)o1. The third-order valence-corrected chi connectivity index (χ3v) is 6.73. The number of thiazole rings is 1. The molecule has 1 aliphatic carbocycles. The molecule has 0 saturated heterocycles. The van der Waals surface area contributed by atoms with Crippen molar-refractivity contribution >= 4 is 44.2 Å². The molecule has 0 aliphatic heterocycles. The van der Waals surface area contributed by atoms with Crippen LogP contribution in [-0.4, -0.2) is 16.8 Å². The van der Waals surface area contributed by atoms with E-state index in [1.54, 1.807) is 0 Å². The Hall–Kier alpha value is -2.45. The molecule has 0 spiro atoms. The van der Waals surface area contributed by atoms with E-state index in [0.717, 1.165) is 35.7 Å². The molecule has 1 fully saturated rings. The first-order chi connectivity index (χ1) is 14.5.